The van der Waals surface area contributed by atoms with E-state index in [1.165, 1.54) is 16.4 Å². The molecule has 1 aromatic rings. The molecule has 1 saturated heterocycles. The van der Waals surface area contributed by atoms with Gasteiger partial charge in [-0.3, -0.25) is 0 Å². The summed E-state index contributed by atoms with van der Waals surface area (Å²) in [7, 11) is -3.84. The Balaban J connectivity index is 2.43. The number of benzene rings is 1. The van der Waals surface area contributed by atoms with Crippen molar-refractivity contribution in [3.63, 3.8) is 0 Å². The largest absolute Gasteiger partial charge is 0.328 e. The van der Waals surface area contributed by atoms with Gasteiger partial charge in [0.25, 0.3) is 0 Å². The van der Waals surface area contributed by atoms with Gasteiger partial charge in [0.15, 0.2) is 0 Å². The summed E-state index contributed by atoms with van der Waals surface area (Å²) in [4.78, 5) is -0.294. The Labute approximate surface area is 121 Å². The first-order chi connectivity index (χ1) is 8.84. The first-order valence-electron chi connectivity index (χ1n) is 6.05. The molecule has 0 radical (unpaired) electrons. The number of nitrogens with zero attached hydrogens (tertiary/aromatic N) is 1. The van der Waals surface area contributed by atoms with Crippen molar-refractivity contribution in [2.45, 2.75) is 36.7 Å². The zero-order valence-electron chi connectivity index (χ0n) is 10.5. The van der Waals surface area contributed by atoms with Crippen molar-refractivity contribution < 1.29 is 12.8 Å². The third-order valence-electron chi connectivity index (χ3n) is 3.34. The zero-order valence-corrected chi connectivity index (χ0v) is 12.9. The van der Waals surface area contributed by atoms with Gasteiger partial charge in [-0.1, -0.05) is 6.07 Å². The van der Waals surface area contributed by atoms with Crippen LogP contribution in [0.4, 0.5) is 4.39 Å². The normalized spacial score (nSPS) is 25.5. The van der Waals surface area contributed by atoms with Crippen LogP contribution in [0.15, 0.2) is 27.6 Å². The van der Waals surface area contributed by atoms with Gasteiger partial charge in [-0.15, -0.1) is 0 Å². The number of nitrogens with two attached hydrogens (primary N) is 1. The van der Waals surface area contributed by atoms with Crippen LogP contribution >= 0.6 is 15.9 Å². The number of hydrogen-bond acceptors (Lipinski definition) is 3. The van der Waals surface area contributed by atoms with E-state index >= 15 is 0 Å². The topological polar surface area (TPSA) is 63.4 Å². The number of sulfonamides is 1. The fourth-order valence-corrected chi connectivity index (χ4v) is 5.12. The minimum Gasteiger partial charge on any atom is -0.328 e. The maximum atomic E-state index is 13.8. The molecule has 0 amide bonds. The molecular formula is C12H16BrFN2O2S. The predicted octanol–water partition coefficient (Wildman–Crippen LogP) is 2.09. The van der Waals surface area contributed by atoms with E-state index in [0.29, 0.717) is 19.4 Å². The van der Waals surface area contributed by atoms with Gasteiger partial charge in [-0.2, -0.15) is 4.31 Å². The lowest BCUT2D eigenvalue weighted by Gasteiger charge is -2.35. The van der Waals surface area contributed by atoms with Crippen LogP contribution in [0.5, 0.6) is 0 Å². The van der Waals surface area contributed by atoms with E-state index in [-0.39, 0.29) is 21.5 Å². The molecule has 2 atom stereocenters. The van der Waals surface area contributed by atoms with Crippen LogP contribution in [0.1, 0.15) is 19.8 Å². The summed E-state index contributed by atoms with van der Waals surface area (Å²) in [5.41, 5.74) is 5.82. The summed E-state index contributed by atoms with van der Waals surface area (Å²) < 4.78 is 40.5. The number of halogens is 2. The van der Waals surface area contributed by atoms with E-state index in [0.717, 1.165) is 6.07 Å². The zero-order chi connectivity index (χ0) is 14.2. The first kappa shape index (κ1) is 14.9. The highest BCUT2D eigenvalue weighted by molar-refractivity contribution is 9.10. The van der Waals surface area contributed by atoms with Crippen LogP contribution in [0, 0.1) is 5.82 Å². The van der Waals surface area contributed by atoms with E-state index < -0.39 is 15.8 Å². The third-order valence-corrected chi connectivity index (χ3v) is 6.36. The first-order valence-corrected chi connectivity index (χ1v) is 8.28. The van der Waals surface area contributed by atoms with Crippen molar-refractivity contribution >= 4 is 26.0 Å². The summed E-state index contributed by atoms with van der Waals surface area (Å²) in [5, 5.41) is 0. The van der Waals surface area contributed by atoms with Crippen molar-refractivity contribution in [2.24, 2.45) is 5.73 Å². The molecule has 0 bridgehead atoms. The Morgan fingerprint density at radius 3 is 2.74 bits per heavy atom. The molecule has 0 unspecified atom stereocenters. The number of hydrogen-bond donors (Lipinski definition) is 1. The van der Waals surface area contributed by atoms with Gasteiger partial charge in [0.2, 0.25) is 10.0 Å². The van der Waals surface area contributed by atoms with Gasteiger partial charge in [0, 0.05) is 23.1 Å². The highest BCUT2D eigenvalue weighted by Gasteiger charge is 2.36. The molecule has 0 aliphatic carbocycles. The third kappa shape index (κ3) is 2.84. The highest BCUT2D eigenvalue weighted by Crippen LogP contribution is 2.31. The van der Waals surface area contributed by atoms with Gasteiger partial charge in [0.05, 0.1) is 0 Å². The average Bonchev–Trinajstić information content (AvgIpc) is 2.27. The summed E-state index contributed by atoms with van der Waals surface area (Å²) in [6, 6.07) is 3.92. The molecule has 0 saturated carbocycles. The molecule has 1 heterocycles. The minimum atomic E-state index is -3.84. The fraction of sp³-hybridized carbons (Fsp3) is 0.500. The second-order valence-electron chi connectivity index (χ2n) is 4.80. The Morgan fingerprint density at radius 2 is 2.16 bits per heavy atom. The Hall–Kier alpha value is -0.500. The van der Waals surface area contributed by atoms with E-state index in [9.17, 15) is 12.8 Å². The van der Waals surface area contributed by atoms with Gasteiger partial charge in [0.1, 0.15) is 10.7 Å². The summed E-state index contributed by atoms with van der Waals surface area (Å²) in [6.45, 7) is 2.12. The monoisotopic (exact) mass is 350 g/mol. The molecule has 2 N–H and O–H groups in total. The maximum Gasteiger partial charge on any atom is 0.247 e. The smallest absolute Gasteiger partial charge is 0.247 e. The molecule has 1 aliphatic heterocycles. The van der Waals surface area contributed by atoms with Crippen molar-refractivity contribution in [2.75, 3.05) is 6.54 Å². The fourth-order valence-electron chi connectivity index (χ4n) is 2.39. The van der Waals surface area contributed by atoms with E-state index in [2.05, 4.69) is 15.9 Å². The Kier molecular flexibility index (Phi) is 4.29. The molecule has 0 spiro atoms. The SMILES string of the molecule is C[C@H]1C[C@@H](N)CCN1S(=O)(=O)c1c(F)cccc1Br. The Morgan fingerprint density at radius 1 is 1.47 bits per heavy atom. The van der Waals surface area contributed by atoms with E-state index in [4.69, 9.17) is 5.73 Å². The molecule has 4 nitrogen and oxygen atoms in total. The number of rotatable bonds is 2. The molecule has 7 heteroatoms. The average molecular weight is 351 g/mol. The molecule has 1 fully saturated rings. The van der Waals surface area contributed by atoms with Crippen LogP contribution in [0.2, 0.25) is 0 Å². The van der Waals surface area contributed by atoms with Gasteiger partial charge in [-0.25, -0.2) is 12.8 Å². The highest BCUT2D eigenvalue weighted by atomic mass is 79.9. The summed E-state index contributed by atoms with van der Waals surface area (Å²) in [5.74, 6) is -0.739. The lowest BCUT2D eigenvalue weighted by Crippen LogP contribution is -2.48. The summed E-state index contributed by atoms with van der Waals surface area (Å²) >= 11 is 3.11. The standard InChI is InChI=1S/C12H16BrFN2O2S/c1-8-7-9(15)5-6-16(8)19(17,18)12-10(13)3-2-4-11(12)14/h2-4,8-9H,5-7,15H2,1H3/t8-,9-/m0/s1. The molecule has 106 valence electrons. The molecule has 1 aromatic carbocycles. The van der Waals surface area contributed by atoms with Crippen LogP contribution in [-0.2, 0) is 10.0 Å². The van der Waals surface area contributed by atoms with Gasteiger partial charge >= 0.3 is 0 Å². The molecule has 2 rings (SSSR count). The molecule has 0 aromatic heterocycles. The number of piperidine rings is 1. The Bertz CT molecular complexity index is 559. The minimum absolute atomic E-state index is 0.00510. The van der Waals surface area contributed by atoms with Crippen LogP contribution < -0.4 is 5.73 Å². The van der Waals surface area contributed by atoms with Crippen LogP contribution in [-0.4, -0.2) is 31.4 Å². The van der Waals surface area contributed by atoms with Crippen molar-refractivity contribution in [1.82, 2.24) is 4.31 Å². The van der Waals surface area contributed by atoms with Gasteiger partial charge < -0.3 is 5.73 Å². The second-order valence-corrected chi connectivity index (χ2v) is 7.48. The van der Waals surface area contributed by atoms with Crippen LogP contribution in [0.3, 0.4) is 0 Å². The van der Waals surface area contributed by atoms with Crippen molar-refractivity contribution in [3.8, 4) is 0 Å². The lowest BCUT2D eigenvalue weighted by molar-refractivity contribution is 0.246. The lowest BCUT2D eigenvalue weighted by atomic mass is 10.0. The van der Waals surface area contributed by atoms with Crippen LogP contribution in [0.25, 0.3) is 0 Å². The van der Waals surface area contributed by atoms with Crippen molar-refractivity contribution in [1.29, 1.82) is 0 Å². The molecular weight excluding hydrogens is 335 g/mol. The molecule has 19 heavy (non-hydrogen) atoms. The maximum absolute atomic E-state index is 13.8. The predicted molar refractivity (Wildman–Crippen MR) is 74.7 cm³/mol. The van der Waals surface area contributed by atoms with Crippen molar-refractivity contribution in [3.05, 3.63) is 28.5 Å². The van der Waals surface area contributed by atoms with Gasteiger partial charge in [-0.05, 0) is 47.8 Å². The second kappa shape index (κ2) is 5.47. The van der Waals surface area contributed by atoms with E-state index in [1.54, 1.807) is 6.92 Å². The molecule has 1 aliphatic rings. The van der Waals surface area contributed by atoms with E-state index in [1.807, 2.05) is 0 Å². The summed E-state index contributed by atoms with van der Waals surface area (Å²) in [6.07, 6.45) is 1.18. The quantitative estimate of drug-likeness (QED) is 0.888.